The zero-order chi connectivity index (χ0) is 12.0. The normalized spacial score (nSPS) is 10.9. The van der Waals surface area contributed by atoms with E-state index < -0.39 is 0 Å². The molecule has 16 heavy (non-hydrogen) atoms. The average molecular weight is 286 g/mol. The second-order valence-electron chi connectivity index (χ2n) is 3.04. The minimum atomic E-state index is -0.228. The summed E-state index contributed by atoms with van der Waals surface area (Å²) in [6, 6.07) is 0. The van der Waals surface area contributed by atoms with Crippen LogP contribution in [0.15, 0.2) is 4.79 Å². The number of methoxy groups -OCH3 is 1. The van der Waals surface area contributed by atoms with E-state index in [1.165, 1.54) is 15.5 Å². The van der Waals surface area contributed by atoms with Crippen LogP contribution in [0.2, 0.25) is 9.36 Å². The minimum absolute atomic E-state index is 0.104. The van der Waals surface area contributed by atoms with Gasteiger partial charge in [-0.2, -0.15) is 0 Å². The molecule has 1 aromatic heterocycles. The average Bonchev–Trinajstić information content (AvgIpc) is 2.51. The SMILES string of the molecule is COCCOCCCn1sc(Cl)c(Cl)c1=O. The predicted octanol–water partition coefficient (Wildman–Crippen LogP) is 2.27. The maximum absolute atomic E-state index is 11.5. The molecule has 0 aromatic carbocycles. The van der Waals surface area contributed by atoms with Gasteiger partial charge in [-0.25, -0.2) is 0 Å². The van der Waals surface area contributed by atoms with Gasteiger partial charge in [0.15, 0.2) is 0 Å². The van der Waals surface area contributed by atoms with Crippen LogP contribution in [0.5, 0.6) is 0 Å². The predicted molar refractivity (Wildman–Crippen MR) is 65.9 cm³/mol. The van der Waals surface area contributed by atoms with Gasteiger partial charge < -0.3 is 9.47 Å². The molecule has 0 aliphatic rings. The Labute approximate surface area is 108 Å². The Morgan fingerprint density at radius 1 is 1.31 bits per heavy atom. The summed E-state index contributed by atoms with van der Waals surface area (Å²) in [7, 11) is 1.62. The molecular formula is C9H13Cl2NO3S. The van der Waals surface area contributed by atoms with E-state index in [1.807, 2.05) is 0 Å². The smallest absolute Gasteiger partial charge is 0.280 e. The molecular weight excluding hydrogens is 273 g/mol. The summed E-state index contributed by atoms with van der Waals surface area (Å²) >= 11 is 12.6. The molecule has 0 spiro atoms. The fraction of sp³-hybridized carbons (Fsp3) is 0.667. The van der Waals surface area contributed by atoms with E-state index in [1.54, 1.807) is 7.11 Å². The van der Waals surface area contributed by atoms with E-state index in [4.69, 9.17) is 32.7 Å². The van der Waals surface area contributed by atoms with Crippen LogP contribution in [0.3, 0.4) is 0 Å². The van der Waals surface area contributed by atoms with E-state index >= 15 is 0 Å². The molecule has 0 fully saturated rings. The van der Waals surface area contributed by atoms with Gasteiger partial charge in [0.2, 0.25) is 0 Å². The third kappa shape index (κ3) is 4.07. The summed E-state index contributed by atoms with van der Waals surface area (Å²) in [6.45, 7) is 2.31. The molecule has 4 nitrogen and oxygen atoms in total. The molecule has 7 heteroatoms. The van der Waals surface area contributed by atoms with Crippen LogP contribution in [0.1, 0.15) is 6.42 Å². The van der Waals surface area contributed by atoms with Gasteiger partial charge in [-0.3, -0.25) is 8.75 Å². The van der Waals surface area contributed by atoms with Crippen LogP contribution in [-0.4, -0.2) is 30.9 Å². The van der Waals surface area contributed by atoms with E-state index in [-0.39, 0.29) is 10.6 Å². The van der Waals surface area contributed by atoms with Crippen molar-refractivity contribution in [3.63, 3.8) is 0 Å². The van der Waals surface area contributed by atoms with Crippen molar-refractivity contribution >= 4 is 34.7 Å². The Balaban J connectivity index is 2.27. The summed E-state index contributed by atoms with van der Waals surface area (Å²) in [5, 5.41) is 0.104. The lowest BCUT2D eigenvalue weighted by atomic mass is 10.4. The van der Waals surface area contributed by atoms with Crippen molar-refractivity contribution in [2.75, 3.05) is 26.9 Å². The first kappa shape index (κ1) is 14.0. The van der Waals surface area contributed by atoms with Crippen LogP contribution in [0.4, 0.5) is 0 Å². The zero-order valence-corrected chi connectivity index (χ0v) is 11.2. The summed E-state index contributed by atoms with van der Waals surface area (Å²) < 4.78 is 12.0. The molecule has 92 valence electrons. The number of hydrogen-bond acceptors (Lipinski definition) is 4. The maximum Gasteiger partial charge on any atom is 0.280 e. The molecule has 1 aromatic rings. The molecule has 0 N–H and O–H groups in total. The number of aromatic nitrogens is 1. The summed E-state index contributed by atoms with van der Waals surface area (Å²) in [5.41, 5.74) is -0.228. The van der Waals surface area contributed by atoms with Gasteiger partial charge in [-0.1, -0.05) is 23.2 Å². The molecule has 0 radical (unpaired) electrons. The molecule has 0 unspecified atom stereocenters. The fourth-order valence-corrected chi connectivity index (χ4v) is 2.42. The second-order valence-corrected chi connectivity index (χ2v) is 5.06. The third-order valence-corrected chi connectivity index (χ3v) is 3.75. The highest BCUT2D eigenvalue weighted by atomic mass is 35.5. The first-order valence-corrected chi connectivity index (χ1v) is 6.31. The minimum Gasteiger partial charge on any atom is -0.382 e. The van der Waals surface area contributed by atoms with E-state index in [2.05, 4.69) is 0 Å². The van der Waals surface area contributed by atoms with Crippen molar-refractivity contribution in [1.29, 1.82) is 0 Å². The highest BCUT2D eigenvalue weighted by molar-refractivity contribution is 7.11. The monoisotopic (exact) mass is 285 g/mol. The Hall–Kier alpha value is -0.0700. The third-order valence-electron chi connectivity index (χ3n) is 1.86. The largest absolute Gasteiger partial charge is 0.382 e. The summed E-state index contributed by atoms with van der Waals surface area (Å²) in [6.07, 6.45) is 0.747. The van der Waals surface area contributed by atoms with Crippen molar-refractivity contribution < 1.29 is 9.47 Å². The number of nitrogens with zero attached hydrogens (tertiary/aromatic N) is 1. The quantitative estimate of drug-likeness (QED) is 0.722. The lowest BCUT2D eigenvalue weighted by molar-refractivity contribution is 0.0682. The zero-order valence-electron chi connectivity index (χ0n) is 8.87. The van der Waals surface area contributed by atoms with Crippen LogP contribution in [-0.2, 0) is 16.0 Å². The molecule has 1 heterocycles. The molecule has 0 aliphatic heterocycles. The molecule has 1 rings (SSSR count). The van der Waals surface area contributed by atoms with E-state index in [0.29, 0.717) is 30.7 Å². The molecule has 0 atom stereocenters. The maximum atomic E-state index is 11.5. The first-order valence-electron chi connectivity index (χ1n) is 4.78. The van der Waals surface area contributed by atoms with Gasteiger partial charge in [0.1, 0.15) is 9.36 Å². The van der Waals surface area contributed by atoms with E-state index in [9.17, 15) is 4.79 Å². The topological polar surface area (TPSA) is 40.5 Å². The van der Waals surface area contributed by atoms with Gasteiger partial charge in [-0.15, -0.1) is 0 Å². The van der Waals surface area contributed by atoms with Gasteiger partial charge in [0, 0.05) is 20.3 Å². The summed E-state index contributed by atoms with van der Waals surface area (Å²) in [5.74, 6) is 0. The van der Waals surface area contributed by atoms with Gasteiger partial charge in [0.25, 0.3) is 5.56 Å². The molecule has 0 aliphatic carbocycles. The van der Waals surface area contributed by atoms with E-state index in [0.717, 1.165) is 6.42 Å². The number of rotatable bonds is 7. The Morgan fingerprint density at radius 2 is 2.06 bits per heavy atom. The first-order chi connectivity index (χ1) is 7.66. The molecule has 0 bridgehead atoms. The fourth-order valence-electron chi connectivity index (χ4n) is 1.07. The van der Waals surface area contributed by atoms with Crippen LogP contribution >= 0.6 is 34.7 Å². The molecule has 0 saturated heterocycles. The highest BCUT2D eigenvalue weighted by Crippen LogP contribution is 2.23. The lowest BCUT2D eigenvalue weighted by Crippen LogP contribution is -2.14. The second kappa shape index (κ2) is 7.29. The molecule has 0 saturated carbocycles. The van der Waals surface area contributed by atoms with Crippen LogP contribution in [0, 0.1) is 0 Å². The Morgan fingerprint density at radius 3 is 2.62 bits per heavy atom. The van der Waals surface area contributed by atoms with Gasteiger partial charge >= 0.3 is 0 Å². The lowest BCUT2D eigenvalue weighted by Gasteiger charge is -2.03. The Bertz CT molecular complexity index is 377. The highest BCUT2D eigenvalue weighted by Gasteiger charge is 2.10. The number of hydrogen-bond donors (Lipinski definition) is 0. The van der Waals surface area contributed by atoms with Crippen molar-refractivity contribution in [1.82, 2.24) is 3.96 Å². The Kier molecular flexibility index (Phi) is 6.38. The van der Waals surface area contributed by atoms with Crippen molar-refractivity contribution in [2.45, 2.75) is 13.0 Å². The standard InChI is InChI=1S/C9H13Cl2NO3S/c1-14-5-6-15-4-2-3-12-9(13)7(10)8(11)16-12/h2-6H2,1H3. The number of ether oxygens (including phenoxy) is 2. The number of aryl methyl sites for hydroxylation is 1. The summed E-state index contributed by atoms with van der Waals surface area (Å²) in [4.78, 5) is 11.5. The number of halogens is 2. The van der Waals surface area contributed by atoms with Crippen molar-refractivity contribution in [3.8, 4) is 0 Å². The van der Waals surface area contributed by atoms with Crippen LogP contribution in [0.25, 0.3) is 0 Å². The molecule has 0 amide bonds. The van der Waals surface area contributed by atoms with Gasteiger partial charge in [0.05, 0.1) is 13.2 Å². The van der Waals surface area contributed by atoms with Crippen molar-refractivity contribution in [2.24, 2.45) is 0 Å². The van der Waals surface area contributed by atoms with Crippen LogP contribution < -0.4 is 5.56 Å². The van der Waals surface area contributed by atoms with Crippen molar-refractivity contribution in [3.05, 3.63) is 19.7 Å². The van der Waals surface area contributed by atoms with Gasteiger partial charge in [-0.05, 0) is 18.0 Å².